The topological polar surface area (TPSA) is 90.8 Å². The van der Waals surface area contributed by atoms with Crippen LogP contribution in [0.4, 0.5) is 5.82 Å². The molecule has 6 nitrogen and oxygen atoms in total. The largest absolute Gasteiger partial charge is 0.366 e. The number of primary amides is 1. The third-order valence-corrected chi connectivity index (χ3v) is 4.66. The fourth-order valence-corrected chi connectivity index (χ4v) is 3.58. The lowest BCUT2D eigenvalue weighted by molar-refractivity contribution is 0.100. The van der Waals surface area contributed by atoms with Crippen LogP contribution in [0, 0.1) is 0 Å². The van der Waals surface area contributed by atoms with E-state index in [4.69, 9.17) is 5.73 Å². The molecule has 1 aliphatic heterocycles. The molecule has 4 N–H and O–H groups in total. The maximum atomic E-state index is 11.5. The van der Waals surface area contributed by atoms with Gasteiger partial charge < -0.3 is 15.6 Å². The molecular formula is C18H19N5O. The smallest absolute Gasteiger partial charge is 0.248 e. The van der Waals surface area contributed by atoms with Gasteiger partial charge in [-0.3, -0.25) is 9.89 Å². The average Bonchev–Trinajstić information content (AvgIpc) is 3.20. The van der Waals surface area contributed by atoms with Crippen molar-refractivity contribution in [1.29, 1.82) is 0 Å². The zero-order chi connectivity index (χ0) is 16.8. The Morgan fingerprint density at radius 3 is 2.88 bits per heavy atom. The number of anilines is 1. The van der Waals surface area contributed by atoms with E-state index in [0.29, 0.717) is 5.56 Å². The van der Waals surface area contributed by atoms with E-state index in [1.165, 1.54) is 5.57 Å². The SMILES string of the molecule is CCN1c2[nH]c3ccc(C(N)=O)cc3c2C=C(C)C1c1ccn[nH]1. The number of aromatic amines is 2. The number of benzene rings is 1. The number of hydrogen-bond acceptors (Lipinski definition) is 3. The van der Waals surface area contributed by atoms with Crippen LogP contribution in [0.1, 0.15) is 41.5 Å². The van der Waals surface area contributed by atoms with Gasteiger partial charge in [-0.25, -0.2) is 0 Å². The number of nitrogens with zero attached hydrogens (tertiary/aromatic N) is 2. The first kappa shape index (κ1) is 14.6. The Morgan fingerprint density at radius 1 is 1.38 bits per heavy atom. The Bertz CT molecular complexity index is 951. The summed E-state index contributed by atoms with van der Waals surface area (Å²) in [4.78, 5) is 17.3. The van der Waals surface area contributed by atoms with Crippen LogP contribution >= 0.6 is 0 Å². The highest BCUT2D eigenvalue weighted by atomic mass is 16.1. The summed E-state index contributed by atoms with van der Waals surface area (Å²) in [6.07, 6.45) is 3.95. The number of carbonyl (C=O) groups excluding carboxylic acids is 1. The van der Waals surface area contributed by atoms with Crippen molar-refractivity contribution in [3.63, 3.8) is 0 Å². The molecule has 0 bridgehead atoms. The number of nitrogens with one attached hydrogen (secondary N) is 2. The van der Waals surface area contributed by atoms with Gasteiger partial charge in [0, 0.05) is 34.8 Å². The van der Waals surface area contributed by atoms with Crippen LogP contribution in [-0.2, 0) is 0 Å². The highest BCUT2D eigenvalue weighted by molar-refractivity contribution is 6.02. The zero-order valence-electron chi connectivity index (χ0n) is 13.6. The van der Waals surface area contributed by atoms with Gasteiger partial charge in [-0.2, -0.15) is 5.10 Å². The van der Waals surface area contributed by atoms with E-state index in [1.807, 2.05) is 18.2 Å². The van der Waals surface area contributed by atoms with E-state index in [-0.39, 0.29) is 6.04 Å². The minimum Gasteiger partial charge on any atom is -0.366 e. The summed E-state index contributed by atoms with van der Waals surface area (Å²) in [5.41, 5.74) is 10.3. The molecule has 0 aliphatic carbocycles. The number of aromatic nitrogens is 3. The molecule has 3 aromatic rings. The number of amides is 1. The fourth-order valence-electron chi connectivity index (χ4n) is 3.58. The van der Waals surface area contributed by atoms with Crippen molar-refractivity contribution < 1.29 is 4.79 Å². The van der Waals surface area contributed by atoms with Gasteiger partial charge in [0.15, 0.2) is 0 Å². The van der Waals surface area contributed by atoms with Crippen molar-refractivity contribution in [3.05, 3.63) is 52.9 Å². The van der Waals surface area contributed by atoms with Crippen molar-refractivity contribution in [1.82, 2.24) is 15.2 Å². The normalized spacial score (nSPS) is 17.0. The summed E-state index contributed by atoms with van der Waals surface area (Å²) in [7, 11) is 0. The van der Waals surface area contributed by atoms with E-state index in [9.17, 15) is 4.79 Å². The molecule has 6 heteroatoms. The number of rotatable bonds is 3. The van der Waals surface area contributed by atoms with Crippen LogP contribution in [0.25, 0.3) is 17.0 Å². The summed E-state index contributed by atoms with van der Waals surface area (Å²) in [5.74, 6) is 0.644. The van der Waals surface area contributed by atoms with Gasteiger partial charge in [0.05, 0.1) is 11.7 Å². The Kier molecular flexibility index (Phi) is 3.19. The van der Waals surface area contributed by atoms with Crippen molar-refractivity contribution in [3.8, 4) is 0 Å². The molecule has 0 spiro atoms. The third kappa shape index (κ3) is 2.03. The maximum absolute atomic E-state index is 11.5. The molecule has 0 saturated heterocycles. The minimum absolute atomic E-state index is 0.119. The second-order valence-electron chi connectivity index (χ2n) is 6.10. The van der Waals surface area contributed by atoms with E-state index >= 15 is 0 Å². The number of carbonyl (C=O) groups is 1. The van der Waals surface area contributed by atoms with Gasteiger partial charge in [-0.1, -0.05) is 0 Å². The van der Waals surface area contributed by atoms with Gasteiger partial charge in [0.1, 0.15) is 5.82 Å². The molecule has 1 aliphatic rings. The lowest BCUT2D eigenvalue weighted by Gasteiger charge is -2.35. The predicted molar refractivity (Wildman–Crippen MR) is 94.8 cm³/mol. The van der Waals surface area contributed by atoms with Crippen molar-refractivity contribution in [2.75, 3.05) is 11.4 Å². The van der Waals surface area contributed by atoms with Crippen LogP contribution in [0.15, 0.2) is 36.0 Å². The lowest BCUT2D eigenvalue weighted by Crippen LogP contribution is -2.32. The zero-order valence-corrected chi connectivity index (χ0v) is 13.6. The maximum Gasteiger partial charge on any atom is 0.248 e. The van der Waals surface area contributed by atoms with Crippen molar-refractivity contribution in [2.24, 2.45) is 5.73 Å². The summed E-state index contributed by atoms with van der Waals surface area (Å²) in [6.45, 7) is 5.09. The van der Waals surface area contributed by atoms with Crippen LogP contribution in [0.5, 0.6) is 0 Å². The summed E-state index contributed by atoms with van der Waals surface area (Å²) >= 11 is 0. The first-order chi connectivity index (χ1) is 11.6. The molecule has 0 saturated carbocycles. The fraction of sp³-hybridized carbons (Fsp3) is 0.222. The molecule has 1 aromatic carbocycles. The van der Waals surface area contributed by atoms with Gasteiger partial charge >= 0.3 is 0 Å². The predicted octanol–water partition coefficient (Wildman–Crippen LogP) is 2.97. The number of fused-ring (bicyclic) bond motifs is 3. The van der Waals surface area contributed by atoms with Crippen LogP contribution < -0.4 is 10.6 Å². The highest BCUT2D eigenvalue weighted by Crippen LogP contribution is 2.42. The standard InChI is InChI=1S/C18H19N5O/c1-3-23-16(15-6-7-20-22-15)10(2)8-13-12-9-11(17(19)24)4-5-14(12)21-18(13)23/h4-9,16,21H,3H2,1-2H3,(H2,19,24)(H,20,22). The van der Waals surface area contributed by atoms with E-state index < -0.39 is 5.91 Å². The van der Waals surface area contributed by atoms with Crippen molar-refractivity contribution in [2.45, 2.75) is 19.9 Å². The molecule has 4 rings (SSSR count). The molecule has 0 radical (unpaired) electrons. The average molecular weight is 321 g/mol. The molecule has 24 heavy (non-hydrogen) atoms. The molecule has 1 atom stereocenters. The first-order valence-electron chi connectivity index (χ1n) is 7.99. The van der Waals surface area contributed by atoms with Gasteiger partial charge in [-0.05, 0) is 49.8 Å². The van der Waals surface area contributed by atoms with E-state index in [0.717, 1.165) is 34.5 Å². The second-order valence-corrected chi connectivity index (χ2v) is 6.10. The highest BCUT2D eigenvalue weighted by Gasteiger charge is 2.30. The monoisotopic (exact) mass is 321 g/mol. The van der Waals surface area contributed by atoms with Gasteiger partial charge in [0.25, 0.3) is 0 Å². The molecule has 122 valence electrons. The third-order valence-electron chi connectivity index (χ3n) is 4.66. The molecule has 0 fully saturated rings. The molecular weight excluding hydrogens is 302 g/mol. The quantitative estimate of drug-likeness (QED) is 0.692. The Balaban J connectivity index is 1.93. The molecule has 2 aromatic heterocycles. The molecule has 3 heterocycles. The molecule has 1 unspecified atom stereocenters. The van der Waals surface area contributed by atoms with E-state index in [1.54, 1.807) is 12.3 Å². The Morgan fingerprint density at radius 2 is 2.21 bits per heavy atom. The first-order valence-corrected chi connectivity index (χ1v) is 7.99. The Labute approximate surface area is 139 Å². The number of nitrogens with two attached hydrogens (primary N) is 1. The number of H-pyrrole nitrogens is 2. The second kappa shape index (κ2) is 5.26. The van der Waals surface area contributed by atoms with Crippen molar-refractivity contribution >= 4 is 28.7 Å². The summed E-state index contributed by atoms with van der Waals surface area (Å²) in [5, 5.41) is 8.19. The van der Waals surface area contributed by atoms with Crippen LogP contribution in [0.3, 0.4) is 0 Å². The summed E-state index contributed by atoms with van der Waals surface area (Å²) < 4.78 is 0. The number of likely N-dealkylation sites (N-methyl/N-ethyl adjacent to an activating group) is 1. The summed E-state index contributed by atoms with van der Waals surface area (Å²) in [6, 6.07) is 7.65. The lowest BCUT2D eigenvalue weighted by atomic mass is 9.95. The Hall–Kier alpha value is -3.02. The van der Waals surface area contributed by atoms with Gasteiger partial charge in [-0.15, -0.1) is 0 Å². The van der Waals surface area contributed by atoms with Crippen LogP contribution in [0.2, 0.25) is 0 Å². The molecule has 1 amide bonds. The minimum atomic E-state index is -0.411. The van der Waals surface area contributed by atoms with E-state index in [2.05, 4.69) is 40.0 Å². The van der Waals surface area contributed by atoms with Crippen LogP contribution in [-0.4, -0.2) is 27.6 Å². The van der Waals surface area contributed by atoms with Gasteiger partial charge in [0.2, 0.25) is 5.91 Å². The number of hydrogen-bond donors (Lipinski definition) is 3.